The maximum absolute atomic E-state index is 5.61. The minimum Gasteiger partial charge on any atom is -0.397 e. The molecule has 3 heteroatoms. The summed E-state index contributed by atoms with van der Waals surface area (Å²) in [7, 11) is 0. The van der Waals surface area contributed by atoms with Gasteiger partial charge in [-0.25, -0.2) is 0 Å². The molecule has 3 nitrogen and oxygen atoms in total. The van der Waals surface area contributed by atoms with Crippen LogP contribution in [-0.2, 0) is 0 Å². The Morgan fingerprint density at radius 2 is 2.00 bits per heavy atom. The maximum Gasteiger partial charge on any atom is 0.0703 e. The van der Waals surface area contributed by atoms with E-state index < -0.39 is 0 Å². The van der Waals surface area contributed by atoms with Crippen LogP contribution in [-0.4, -0.2) is 9.97 Å². The lowest BCUT2D eigenvalue weighted by Gasteiger charge is -2.01. The van der Waals surface area contributed by atoms with E-state index in [1.54, 1.807) is 6.20 Å². The van der Waals surface area contributed by atoms with Crippen molar-refractivity contribution in [3.63, 3.8) is 0 Å². The molecule has 0 spiro atoms. The second-order valence-electron chi connectivity index (χ2n) is 3.76. The third-order valence-corrected chi connectivity index (χ3v) is 2.64. The Kier molecular flexibility index (Phi) is 1.90. The van der Waals surface area contributed by atoms with Gasteiger partial charge in [-0.2, -0.15) is 0 Å². The van der Waals surface area contributed by atoms with Gasteiger partial charge in [0.2, 0.25) is 0 Å². The van der Waals surface area contributed by atoms with Crippen molar-refractivity contribution >= 4 is 16.6 Å². The van der Waals surface area contributed by atoms with Crippen molar-refractivity contribution in [2.75, 3.05) is 5.73 Å². The predicted octanol–water partition coefficient (Wildman–Crippen LogP) is 2.81. The first-order valence-corrected chi connectivity index (χ1v) is 5.12. The molecule has 0 fully saturated rings. The van der Waals surface area contributed by atoms with Crippen LogP contribution in [0.2, 0.25) is 0 Å². The number of anilines is 1. The number of benzene rings is 1. The Labute approximate surface area is 92.9 Å². The van der Waals surface area contributed by atoms with Gasteiger partial charge >= 0.3 is 0 Å². The Morgan fingerprint density at radius 1 is 1.06 bits per heavy atom. The summed E-state index contributed by atoms with van der Waals surface area (Å²) in [4.78, 5) is 7.47. The van der Waals surface area contributed by atoms with Crippen LogP contribution in [0.15, 0.2) is 48.8 Å². The molecule has 3 N–H and O–H groups in total. The number of aromatic nitrogens is 2. The lowest BCUT2D eigenvalue weighted by Crippen LogP contribution is -1.87. The molecule has 0 radical (unpaired) electrons. The van der Waals surface area contributed by atoms with E-state index in [9.17, 15) is 0 Å². The molecule has 3 aromatic rings. The second kappa shape index (κ2) is 3.38. The summed E-state index contributed by atoms with van der Waals surface area (Å²) in [5.41, 5.74) is 9.48. The number of nitrogens with two attached hydrogens (primary N) is 1. The molecular formula is C13H11N3. The van der Waals surface area contributed by atoms with Gasteiger partial charge in [-0.15, -0.1) is 0 Å². The molecule has 78 valence electrons. The highest BCUT2D eigenvalue weighted by Crippen LogP contribution is 2.22. The molecule has 2 heterocycles. The van der Waals surface area contributed by atoms with Gasteiger partial charge in [-0.3, -0.25) is 4.98 Å². The molecule has 16 heavy (non-hydrogen) atoms. The fourth-order valence-corrected chi connectivity index (χ4v) is 1.79. The number of nitrogens with one attached hydrogen (secondary N) is 1. The van der Waals surface area contributed by atoms with Crippen LogP contribution in [0.5, 0.6) is 0 Å². The number of pyridine rings is 1. The Balaban J connectivity index is 2.14. The van der Waals surface area contributed by atoms with E-state index >= 15 is 0 Å². The number of fused-ring (bicyclic) bond motifs is 1. The van der Waals surface area contributed by atoms with Gasteiger partial charge in [-0.05, 0) is 30.3 Å². The first-order chi connectivity index (χ1) is 7.83. The number of H-pyrrole nitrogens is 1. The topological polar surface area (TPSA) is 54.7 Å². The normalized spacial score (nSPS) is 10.8. The first kappa shape index (κ1) is 8.97. The standard InChI is InChI=1S/C13H11N3/c14-11-2-4-13(16-8-11)9-1-3-12-10(7-9)5-6-15-12/h1-8,15H,14H2. The van der Waals surface area contributed by atoms with Gasteiger partial charge in [0.05, 0.1) is 17.6 Å². The zero-order valence-electron chi connectivity index (χ0n) is 8.64. The Morgan fingerprint density at radius 3 is 2.81 bits per heavy atom. The highest BCUT2D eigenvalue weighted by atomic mass is 14.7. The lowest BCUT2D eigenvalue weighted by atomic mass is 10.1. The monoisotopic (exact) mass is 209 g/mol. The van der Waals surface area contributed by atoms with E-state index in [2.05, 4.69) is 34.2 Å². The van der Waals surface area contributed by atoms with Crippen molar-refractivity contribution in [1.82, 2.24) is 9.97 Å². The molecule has 0 aliphatic carbocycles. The molecule has 2 aromatic heterocycles. The number of nitrogens with zero attached hydrogens (tertiary/aromatic N) is 1. The van der Waals surface area contributed by atoms with Crippen LogP contribution in [0, 0.1) is 0 Å². The minimum absolute atomic E-state index is 0.687. The summed E-state index contributed by atoms with van der Waals surface area (Å²) in [6, 6.07) is 12.1. The molecule has 0 aliphatic heterocycles. The number of nitrogen functional groups attached to an aromatic ring is 1. The number of aromatic amines is 1. The Bertz CT molecular complexity index is 623. The van der Waals surface area contributed by atoms with Crippen molar-refractivity contribution < 1.29 is 0 Å². The van der Waals surface area contributed by atoms with Gasteiger partial charge in [-0.1, -0.05) is 6.07 Å². The highest BCUT2D eigenvalue weighted by molar-refractivity contribution is 5.84. The van der Waals surface area contributed by atoms with E-state index in [0.29, 0.717) is 5.69 Å². The van der Waals surface area contributed by atoms with Crippen molar-refractivity contribution in [1.29, 1.82) is 0 Å². The molecule has 0 aliphatic rings. The van der Waals surface area contributed by atoms with Crippen LogP contribution in [0.1, 0.15) is 0 Å². The van der Waals surface area contributed by atoms with Gasteiger partial charge in [0, 0.05) is 22.7 Å². The van der Waals surface area contributed by atoms with Crippen LogP contribution >= 0.6 is 0 Å². The van der Waals surface area contributed by atoms with Crippen LogP contribution < -0.4 is 5.73 Å². The smallest absolute Gasteiger partial charge is 0.0703 e. The highest BCUT2D eigenvalue weighted by Gasteiger charge is 2.01. The van der Waals surface area contributed by atoms with Crippen LogP contribution in [0.4, 0.5) is 5.69 Å². The summed E-state index contributed by atoms with van der Waals surface area (Å²) < 4.78 is 0. The summed E-state index contributed by atoms with van der Waals surface area (Å²) in [5, 5.41) is 1.19. The average molecular weight is 209 g/mol. The first-order valence-electron chi connectivity index (χ1n) is 5.12. The molecule has 0 unspecified atom stereocenters. The molecular weight excluding hydrogens is 198 g/mol. The van der Waals surface area contributed by atoms with Crippen LogP contribution in [0.25, 0.3) is 22.2 Å². The minimum atomic E-state index is 0.687. The fraction of sp³-hybridized carbons (Fsp3) is 0. The quantitative estimate of drug-likeness (QED) is 0.647. The van der Waals surface area contributed by atoms with E-state index in [1.807, 2.05) is 18.3 Å². The van der Waals surface area contributed by atoms with E-state index in [0.717, 1.165) is 16.8 Å². The third-order valence-electron chi connectivity index (χ3n) is 2.64. The van der Waals surface area contributed by atoms with Gasteiger partial charge in [0.25, 0.3) is 0 Å². The summed E-state index contributed by atoms with van der Waals surface area (Å²) in [6.07, 6.45) is 3.61. The maximum atomic E-state index is 5.61. The number of hydrogen-bond acceptors (Lipinski definition) is 2. The molecule has 0 saturated heterocycles. The molecule has 0 bridgehead atoms. The van der Waals surface area contributed by atoms with E-state index in [1.165, 1.54) is 5.39 Å². The van der Waals surface area contributed by atoms with Crippen molar-refractivity contribution in [2.24, 2.45) is 0 Å². The average Bonchev–Trinajstić information content (AvgIpc) is 2.77. The fourth-order valence-electron chi connectivity index (χ4n) is 1.79. The molecule has 3 rings (SSSR count). The van der Waals surface area contributed by atoms with Gasteiger partial charge in [0.15, 0.2) is 0 Å². The van der Waals surface area contributed by atoms with Crippen molar-refractivity contribution in [3.05, 3.63) is 48.8 Å². The molecule has 0 atom stereocenters. The largest absolute Gasteiger partial charge is 0.397 e. The van der Waals surface area contributed by atoms with E-state index in [4.69, 9.17) is 5.73 Å². The van der Waals surface area contributed by atoms with E-state index in [-0.39, 0.29) is 0 Å². The molecule has 0 saturated carbocycles. The summed E-state index contributed by atoms with van der Waals surface area (Å²) in [5.74, 6) is 0. The predicted molar refractivity (Wildman–Crippen MR) is 65.9 cm³/mol. The van der Waals surface area contributed by atoms with Gasteiger partial charge < -0.3 is 10.7 Å². The Hall–Kier alpha value is -2.29. The zero-order valence-corrected chi connectivity index (χ0v) is 8.64. The SMILES string of the molecule is Nc1ccc(-c2ccc3[nH]ccc3c2)nc1. The lowest BCUT2D eigenvalue weighted by molar-refractivity contribution is 1.33. The summed E-state index contributed by atoms with van der Waals surface area (Å²) in [6.45, 7) is 0. The van der Waals surface area contributed by atoms with Crippen LogP contribution in [0.3, 0.4) is 0 Å². The number of hydrogen-bond donors (Lipinski definition) is 2. The molecule has 1 aromatic carbocycles. The van der Waals surface area contributed by atoms with Gasteiger partial charge in [0.1, 0.15) is 0 Å². The second-order valence-corrected chi connectivity index (χ2v) is 3.76. The molecule has 0 amide bonds. The number of rotatable bonds is 1. The van der Waals surface area contributed by atoms with Crippen molar-refractivity contribution in [2.45, 2.75) is 0 Å². The van der Waals surface area contributed by atoms with Crippen molar-refractivity contribution in [3.8, 4) is 11.3 Å². The summed E-state index contributed by atoms with van der Waals surface area (Å²) >= 11 is 0. The zero-order chi connectivity index (χ0) is 11.0. The third kappa shape index (κ3) is 1.42.